The maximum Gasteiger partial charge on any atom is 0.246 e. The molecule has 19 N–H and O–H groups in total. The van der Waals surface area contributed by atoms with Crippen molar-refractivity contribution in [1.82, 2.24) is 37.2 Å². The number of aliphatic hydroxyl groups excluding tert-OH is 12. The molecule has 4 heterocycles. The monoisotopic (exact) mass is 989 g/mol. The Hall–Kier alpha value is -4.43. The molecular formula is C36H59N7O25. The van der Waals surface area contributed by atoms with Crippen molar-refractivity contribution in [1.29, 1.82) is 0 Å². The molecule has 4 rings (SSSR count). The Labute approximate surface area is 384 Å². The molecule has 4 aliphatic heterocycles. The van der Waals surface area contributed by atoms with Gasteiger partial charge < -0.3 is 127 Å². The summed E-state index contributed by atoms with van der Waals surface area (Å²) in [7, 11) is 0. The summed E-state index contributed by atoms with van der Waals surface area (Å²) in [5.74, 6) is -7.37. The number of carbonyl (C=O) groups excluding carboxylic acids is 7. The molecule has 32 nitrogen and oxygen atoms in total. The van der Waals surface area contributed by atoms with Crippen LogP contribution in [0.2, 0.25) is 0 Å². The van der Waals surface area contributed by atoms with Gasteiger partial charge in [-0.1, -0.05) is 0 Å². The predicted molar refractivity (Wildman–Crippen MR) is 212 cm³/mol. The smallest absolute Gasteiger partial charge is 0.246 e. The van der Waals surface area contributed by atoms with Gasteiger partial charge >= 0.3 is 0 Å². The van der Waals surface area contributed by atoms with Gasteiger partial charge in [-0.2, -0.15) is 0 Å². The van der Waals surface area contributed by atoms with Crippen LogP contribution in [0.15, 0.2) is 0 Å². The van der Waals surface area contributed by atoms with E-state index in [4.69, 9.17) is 28.4 Å². The lowest BCUT2D eigenvalue weighted by Gasteiger charge is -2.39. The third kappa shape index (κ3) is 15.3. The largest absolute Gasteiger partial charge is 0.394 e. The Morgan fingerprint density at radius 1 is 0.456 bits per heavy atom. The van der Waals surface area contributed by atoms with Gasteiger partial charge in [0.1, 0.15) is 111 Å². The zero-order chi connectivity index (χ0) is 50.4. The standard InChI is InChI=1S/C36H59N7O25/c44-6-15-22(51)25(54)28(57)34(66-15)63-9-19(48)41-12-3-38-18(47)1-2-37-31(60)13(42-20(49)10-64-35-29(58)26(55)23(52)16(7-45)67-35)4-39-33(62)14(5-40-32(12)61)43-21(50)11-65-36-30(59)27(56)24(53)17(8-46)68-36/h12-17,22-30,34-36,44-46,51-59H,1-11H2,(H,37,60)(H,38,47)(H,39,62)(H,40,61)(H,41,48)(H,42,49)(H,43,50)/t12-,13-,14-,15+,16+,17+,22+,23-,24+,25-,26-,27-,28+,29+,30-,34+,35+,36-/m0/s1. The van der Waals surface area contributed by atoms with Crippen molar-refractivity contribution in [3.8, 4) is 0 Å². The van der Waals surface area contributed by atoms with E-state index in [9.17, 15) is 94.8 Å². The zero-order valence-corrected chi connectivity index (χ0v) is 35.8. The van der Waals surface area contributed by atoms with Crippen molar-refractivity contribution in [3.63, 3.8) is 0 Å². The van der Waals surface area contributed by atoms with Gasteiger partial charge in [0.05, 0.1) is 19.8 Å². The van der Waals surface area contributed by atoms with E-state index >= 15 is 0 Å². The number of amides is 7. The maximum atomic E-state index is 13.7. The second-order valence-corrected chi connectivity index (χ2v) is 15.7. The van der Waals surface area contributed by atoms with Gasteiger partial charge in [0.15, 0.2) is 18.9 Å². The SMILES string of the molecule is O=C1CCNC(=O)[C@@H](NC(=O)CO[C@@H]2O[C@H](CO)[C@H](O)[C@H](O)[C@H]2O)CNC(=O)[C@@H](NC(=O)CO[C@H]2O[C@H](CO)[C@@H](O)[C@H](O)[C@@H]2O)CNC(=O)[C@@H](NC(=O)CO[C@@H]2O[C@H](CO)[C@@H](O)[C@H](O)[C@H]2O)CN1. The Kier molecular flexibility index (Phi) is 21.9. The molecule has 68 heavy (non-hydrogen) atoms. The number of hydrogen-bond donors (Lipinski definition) is 19. The first kappa shape index (κ1) is 56.2. The minimum Gasteiger partial charge on any atom is -0.394 e. The Morgan fingerprint density at radius 2 is 0.750 bits per heavy atom. The molecular weight excluding hydrogens is 930 g/mol. The lowest BCUT2D eigenvalue weighted by molar-refractivity contribution is -0.299. The summed E-state index contributed by atoms with van der Waals surface area (Å²) in [6.45, 7) is -8.10. The van der Waals surface area contributed by atoms with Crippen LogP contribution >= 0.6 is 0 Å². The van der Waals surface area contributed by atoms with E-state index in [1.54, 1.807) is 0 Å². The fourth-order valence-corrected chi connectivity index (χ4v) is 6.80. The average molecular weight is 990 g/mol. The van der Waals surface area contributed by atoms with Gasteiger partial charge in [0.2, 0.25) is 41.4 Å². The summed E-state index contributed by atoms with van der Waals surface area (Å²) >= 11 is 0. The van der Waals surface area contributed by atoms with Crippen LogP contribution in [0.4, 0.5) is 0 Å². The van der Waals surface area contributed by atoms with Crippen LogP contribution in [0.25, 0.3) is 0 Å². The van der Waals surface area contributed by atoms with Crippen LogP contribution in [-0.2, 0) is 62.0 Å². The fraction of sp³-hybridized carbons (Fsp3) is 0.806. The van der Waals surface area contributed by atoms with Crippen LogP contribution in [0.3, 0.4) is 0 Å². The molecule has 0 radical (unpaired) electrons. The molecule has 0 spiro atoms. The second-order valence-electron chi connectivity index (χ2n) is 15.7. The third-order valence-corrected chi connectivity index (χ3v) is 10.8. The highest BCUT2D eigenvalue weighted by Gasteiger charge is 2.47. The molecule has 0 aromatic heterocycles. The topological polar surface area (TPSA) is 502 Å². The summed E-state index contributed by atoms with van der Waals surface area (Å²) in [5.41, 5.74) is 0. The van der Waals surface area contributed by atoms with Crippen LogP contribution < -0.4 is 37.2 Å². The van der Waals surface area contributed by atoms with Crippen molar-refractivity contribution in [2.75, 3.05) is 65.8 Å². The molecule has 4 saturated heterocycles. The van der Waals surface area contributed by atoms with Crippen molar-refractivity contribution in [3.05, 3.63) is 0 Å². The Balaban J connectivity index is 1.48. The normalized spacial score (nSPS) is 37.9. The van der Waals surface area contributed by atoms with E-state index in [0.29, 0.717) is 0 Å². The van der Waals surface area contributed by atoms with Crippen molar-refractivity contribution in [2.45, 2.75) is 117 Å². The number of carbonyl (C=O) groups is 7. The quantitative estimate of drug-likeness (QED) is 0.0724. The van der Waals surface area contributed by atoms with Crippen molar-refractivity contribution >= 4 is 41.4 Å². The summed E-state index contributed by atoms with van der Waals surface area (Å²) in [4.78, 5) is 92.4. The minimum atomic E-state index is -1.93. The predicted octanol–water partition coefficient (Wildman–Crippen LogP) is -14.2. The molecule has 0 unspecified atom stereocenters. The van der Waals surface area contributed by atoms with E-state index < -0.39 is 224 Å². The van der Waals surface area contributed by atoms with Gasteiger partial charge in [0.25, 0.3) is 0 Å². The molecule has 7 amide bonds. The highest BCUT2D eigenvalue weighted by Crippen LogP contribution is 2.24. The second kappa shape index (κ2) is 26.5. The molecule has 0 aliphatic carbocycles. The van der Waals surface area contributed by atoms with Crippen molar-refractivity contribution in [2.24, 2.45) is 0 Å². The Bertz CT molecular complexity index is 1660. The van der Waals surface area contributed by atoms with Gasteiger partial charge in [-0.25, -0.2) is 0 Å². The molecule has 388 valence electrons. The molecule has 4 fully saturated rings. The van der Waals surface area contributed by atoms with E-state index in [2.05, 4.69) is 37.2 Å². The third-order valence-electron chi connectivity index (χ3n) is 10.8. The van der Waals surface area contributed by atoms with Crippen LogP contribution in [0, 0.1) is 0 Å². The first-order valence-corrected chi connectivity index (χ1v) is 20.9. The van der Waals surface area contributed by atoms with Gasteiger partial charge in [0, 0.05) is 32.6 Å². The van der Waals surface area contributed by atoms with Crippen molar-refractivity contribution < 1.29 is 123 Å². The lowest BCUT2D eigenvalue weighted by atomic mass is 9.99. The summed E-state index contributed by atoms with van der Waals surface area (Å²) < 4.78 is 31.2. The van der Waals surface area contributed by atoms with E-state index in [1.165, 1.54) is 0 Å². The van der Waals surface area contributed by atoms with E-state index in [1.807, 2.05) is 0 Å². The highest BCUT2D eigenvalue weighted by atomic mass is 16.7. The maximum absolute atomic E-state index is 13.7. The molecule has 0 aromatic rings. The molecule has 0 aromatic carbocycles. The first-order valence-electron chi connectivity index (χ1n) is 20.9. The van der Waals surface area contributed by atoms with E-state index in [-0.39, 0.29) is 0 Å². The molecule has 18 atom stereocenters. The summed E-state index contributed by atoms with van der Waals surface area (Å²) in [5, 5.41) is 135. The fourth-order valence-electron chi connectivity index (χ4n) is 6.80. The molecule has 4 aliphatic rings. The Morgan fingerprint density at radius 3 is 1.06 bits per heavy atom. The van der Waals surface area contributed by atoms with Gasteiger partial charge in [-0.15, -0.1) is 0 Å². The average Bonchev–Trinajstić information content (AvgIpc) is 3.31. The van der Waals surface area contributed by atoms with Crippen LogP contribution in [-0.4, -0.2) is 279 Å². The molecule has 0 saturated carbocycles. The number of nitrogens with one attached hydrogen (secondary N) is 7. The molecule has 32 heteroatoms. The number of aliphatic hydroxyl groups is 12. The minimum absolute atomic E-state index is 0.421. The van der Waals surface area contributed by atoms with Gasteiger partial charge in [-0.05, 0) is 0 Å². The lowest BCUT2D eigenvalue weighted by Crippen LogP contribution is -2.61. The number of ether oxygens (including phenoxy) is 6. The zero-order valence-electron chi connectivity index (χ0n) is 35.8. The number of hydrogen-bond acceptors (Lipinski definition) is 25. The first-order chi connectivity index (χ1) is 32.2. The number of rotatable bonds is 15. The summed E-state index contributed by atoms with van der Waals surface area (Å²) in [6, 6.07) is -5.16. The van der Waals surface area contributed by atoms with Crippen LogP contribution in [0.5, 0.6) is 0 Å². The summed E-state index contributed by atoms with van der Waals surface area (Å²) in [6.07, 6.45) is -26.5. The highest BCUT2D eigenvalue weighted by molar-refractivity contribution is 5.93. The van der Waals surface area contributed by atoms with Gasteiger partial charge in [-0.3, -0.25) is 33.6 Å². The molecule has 0 bridgehead atoms. The van der Waals surface area contributed by atoms with Crippen LogP contribution in [0.1, 0.15) is 6.42 Å². The van der Waals surface area contributed by atoms with E-state index in [0.717, 1.165) is 0 Å².